The van der Waals surface area contributed by atoms with E-state index in [0.717, 1.165) is 16.9 Å². The maximum absolute atomic E-state index is 12.4. The number of carbonyl (C=O) groups is 2. The van der Waals surface area contributed by atoms with Crippen LogP contribution in [-0.2, 0) is 10.5 Å². The average Bonchev–Trinajstić information content (AvgIpc) is 3.29. The fraction of sp³-hybridized carbons (Fsp3) is 0.304. The Bertz CT molecular complexity index is 1130. The standard InChI is InChI=1S/C23H24N4O4S2/c1-14-3-6-17(7-4-14)25-22(29)23-27-26-21(33-23)13-32-12-20(28)24-15(2)16-5-8-18-19(11-16)31-10-9-30-18/h3-8,11,15H,9-10,12-13H2,1-2H3,(H,24,28)(H,25,29)/t15-/m1/s1. The number of nitrogens with one attached hydrogen (secondary N) is 2. The summed E-state index contributed by atoms with van der Waals surface area (Å²) in [5.74, 6) is 1.83. The molecule has 0 radical (unpaired) electrons. The number of hydrogen-bond acceptors (Lipinski definition) is 8. The van der Waals surface area contributed by atoms with E-state index in [-0.39, 0.29) is 23.6 Å². The van der Waals surface area contributed by atoms with E-state index in [1.54, 1.807) is 0 Å². The highest BCUT2D eigenvalue weighted by atomic mass is 32.2. The maximum atomic E-state index is 12.4. The van der Waals surface area contributed by atoms with Gasteiger partial charge in [0.25, 0.3) is 5.91 Å². The second-order valence-electron chi connectivity index (χ2n) is 7.51. The molecule has 0 unspecified atom stereocenters. The number of carbonyl (C=O) groups excluding carboxylic acids is 2. The molecule has 0 saturated heterocycles. The lowest BCUT2D eigenvalue weighted by atomic mass is 10.1. The van der Waals surface area contributed by atoms with Crippen molar-refractivity contribution in [3.05, 3.63) is 63.6 Å². The lowest BCUT2D eigenvalue weighted by Crippen LogP contribution is -2.28. The van der Waals surface area contributed by atoms with Gasteiger partial charge in [-0.05, 0) is 43.7 Å². The van der Waals surface area contributed by atoms with Crippen molar-refractivity contribution in [3.63, 3.8) is 0 Å². The highest BCUT2D eigenvalue weighted by Gasteiger charge is 2.17. The third-order valence-electron chi connectivity index (χ3n) is 4.87. The molecule has 2 N–H and O–H groups in total. The van der Waals surface area contributed by atoms with Gasteiger partial charge in [-0.15, -0.1) is 22.0 Å². The Morgan fingerprint density at radius 2 is 1.85 bits per heavy atom. The van der Waals surface area contributed by atoms with Gasteiger partial charge in [-0.25, -0.2) is 0 Å². The van der Waals surface area contributed by atoms with E-state index in [9.17, 15) is 9.59 Å². The molecule has 1 aliphatic heterocycles. The second-order valence-corrected chi connectivity index (χ2v) is 9.55. The van der Waals surface area contributed by atoms with Crippen LogP contribution < -0.4 is 20.1 Å². The maximum Gasteiger partial charge on any atom is 0.286 e. The summed E-state index contributed by atoms with van der Waals surface area (Å²) in [4.78, 5) is 24.7. The molecule has 2 heterocycles. The molecule has 172 valence electrons. The number of amides is 2. The minimum Gasteiger partial charge on any atom is -0.486 e. The van der Waals surface area contributed by atoms with Gasteiger partial charge in [0.2, 0.25) is 10.9 Å². The molecule has 2 aromatic carbocycles. The molecular formula is C23H24N4O4S2. The molecule has 8 nitrogen and oxygen atoms in total. The molecule has 1 aromatic heterocycles. The first kappa shape index (κ1) is 23.1. The number of anilines is 1. The lowest BCUT2D eigenvalue weighted by Gasteiger charge is -2.21. The quantitative estimate of drug-likeness (QED) is 0.499. The van der Waals surface area contributed by atoms with Crippen LogP contribution in [0, 0.1) is 6.92 Å². The van der Waals surface area contributed by atoms with E-state index in [2.05, 4.69) is 20.8 Å². The van der Waals surface area contributed by atoms with Gasteiger partial charge in [0, 0.05) is 11.4 Å². The monoisotopic (exact) mass is 484 g/mol. The molecule has 0 saturated carbocycles. The molecule has 1 atom stereocenters. The summed E-state index contributed by atoms with van der Waals surface area (Å²) < 4.78 is 11.1. The first-order valence-electron chi connectivity index (χ1n) is 10.4. The van der Waals surface area contributed by atoms with Gasteiger partial charge < -0.3 is 20.1 Å². The zero-order valence-electron chi connectivity index (χ0n) is 18.3. The Kier molecular flexibility index (Phi) is 7.46. The average molecular weight is 485 g/mol. The molecule has 4 rings (SSSR count). The third kappa shape index (κ3) is 6.23. The largest absolute Gasteiger partial charge is 0.486 e. The summed E-state index contributed by atoms with van der Waals surface area (Å²) in [6, 6.07) is 13.1. The summed E-state index contributed by atoms with van der Waals surface area (Å²) in [6.45, 7) is 4.98. The molecule has 0 spiro atoms. The van der Waals surface area contributed by atoms with Crippen molar-refractivity contribution < 1.29 is 19.1 Å². The van der Waals surface area contributed by atoms with E-state index in [4.69, 9.17) is 9.47 Å². The molecule has 1 aliphatic rings. The first-order valence-corrected chi connectivity index (χ1v) is 12.4. The van der Waals surface area contributed by atoms with Crippen LogP contribution >= 0.6 is 23.1 Å². The molecule has 0 fully saturated rings. The third-order valence-corrected chi connectivity index (χ3v) is 6.92. The predicted octanol–water partition coefficient (Wildman–Crippen LogP) is 3.98. The zero-order valence-corrected chi connectivity index (χ0v) is 19.9. The summed E-state index contributed by atoms with van der Waals surface area (Å²) in [5, 5.41) is 14.8. The number of aryl methyl sites for hydroxylation is 1. The molecule has 0 bridgehead atoms. The van der Waals surface area contributed by atoms with Gasteiger partial charge >= 0.3 is 0 Å². The Morgan fingerprint density at radius 1 is 1.09 bits per heavy atom. The van der Waals surface area contributed by atoms with Crippen LogP contribution in [0.3, 0.4) is 0 Å². The van der Waals surface area contributed by atoms with Crippen LogP contribution in [0.25, 0.3) is 0 Å². The molecule has 2 amide bonds. The van der Waals surface area contributed by atoms with Crippen LogP contribution in [0.5, 0.6) is 11.5 Å². The number of nitrogens with zero attached hydrogens (tertiary/aromatic N) is 2. The number of hydrogen-bond donors (Lipinski definition) is 2. The van der Waals surface area contributed by atoms with E-state index in [0.29, 0.717) is 40.4 Å². The number of thioether (sulfide) groups is 1. The fourth-order valence-electron chi connectivity index (χ4n) is 3.15. The van der Waals surface area contributed by atoms with E-state index < -0.39 is 0 Å². The van der Waals surface area contributed by atoms with E-state index >= 15 is 0 Å². The minimum atomic E-state index is -0.293. The summed E-state index contributed by atoms with van der Waals surface area (Å²) in [7, 11) is 0. The van der Waals surface area contributed by atoms with E-state index in [1.165, 1.54) is 23.1 Å². The Balaban J connectivity index is 1.22. The topological polar surface area (TPSA) is 102 Å². The number of rotatable bonds is 8. The number of ether oxygens (including phenoxy) is 2. The van der Waals surface area contributed by atoms with Gasteiger partial charge in [-0.1, -0.05) is 35.1 Å². The van der Waals surface area contributed by atoms with Gasteiger partial charge in [0.15, 0.2) is 11.5 Å². The Hall–Kier alpha value is -3.11. The summed E-state index contributed by atoms with van der Waals surface area (Å²) in [6.07, 6.45) is 0. The number of benzene rings is 2. The van der Waals surface area contributed by atoms with E-state index in [1.807, 2.05) is 56.3 Å². The number of fused-ring (bicyclic) bond motifs is 1. The van der Waals surface area contributed by atoms with Crippen molar-refractivity contribution in [2.24, 2.45) is 0 Å². The normalized spacial score (nSPS) is 13.3. The zero-order chi connectivity index (χ0) is 23.2. The highest BCUT2D eigenvalue weighted by molar-refractivity contribution is 7.99. The SMILES string of the molecule is Cc1ccc(NC(=O)c2nnc(CSCC(=O)N[C@H](C)c3ccc4c(c3)OCCO4)s2)cc1. The van der Waals surface area contributed by atoms with Crippen LogP contribution in [0.1, 0.15) is 38.9 Å². The van der Waals surface area contributed by atoms with Crippen molar-refractivity contribution in [1.82, 2.24) is 15.5 Å². The molecular weight excluding hydrogens is 460 g/mol. The van der Waals surface area contributed by atoms with Crippen molar-refractivity contribution >= 4 is 40.6 Å². The Labute approximate surface area is 200 Å². The summed E-state index contributed by atoms with van der Waals surface area (Å²) in [5.41, 5.74) is 2.78. The second kappa shape index (κ2) is 10.7. The minimum absolute atomic E-state index is 0.0794. The van der Waals surface area contributed by atoms with Gasteiger partial charge in [0.1, 0.15) is 18.2 Å². The van der Waals surface area contributed by atoms with Crippen LogP contribution in [0.2, 0.25) is 0 Å². The van der Waals surface area contributed by atoms with Gasteiger partial charge in [0.05, 0.1) is 11.8 Å². The molecule has 10 heteroatoms. The van der Waals surface area contributed by atoms with Crippen molar-refractivity contribution in [1.29, 1.82) is 0 Å². The lowest BCUT2D eigenvalue weighted by molar-refractivity contribution is -0.119. The molecule has 0 aliphatic carbocycles. The molecule has 3 aromatic rings. The predicted molar refractivity (Wildman–Crippen MR) is 129 cm³/mol. The number of aromatic nitrogens is 2. The van der Waals surface area contributed by atoms with Crippen molar-refractivity contribution in [2.75, 3.05) is 24.3 Å². The fourth-order valence-corrected chi connectivity index (χ4v) is 4.77. The Morgan fingerprint density at radius 3 is 2.64 bits per heavy atom. The van der Waals surface area contributed by atoms with Gasteiger partial charge in [-0.2, -0.15) is 0 Å². The first-order chi connectivity index (χ1) is 16.0. The summed E-state index contributed by atoms with van der Waals surface area (Å²) >= 11 is 2.65. The van der Waals surface area contributed by atoms with Crippen LogP contribution in [-0.4, -0.2) is 41.0 Å². The van der Waals surface area contributed by atoms with Crippen molar-refractivity contribution in [2.45, 2.75) is 25.6 Å². The molecule has 33 heavy (non-hydrogen) atoms. The van der Waals surface area contributed by atoms with Crippen LogP contribution in [0.4, 0.5) is 5.69 Å². The highest BCUT2D eigenvalue weighted by Crippen LogP contribution is 2.32. The van der Waals surface area contributed by atoms with Gasteiger partial charge in [-0.3, -0.25) is 9.59 Å². The smallest absolute Gasteiger partial charge is 0.286 e. The van der Waals surface area contributed by atoms with Crippen molar-refractivity contribution in [3.8, 4) is 11.5 Å². The van der Waals surface area contributed by atoms with Crippen LogP contribution in [0.15, 0.2) is 42.5 Å².